The third-order valence-corrected chi connectivity index (χ3v) is 13.4. The summed E-state index contributed by atoms with van der Waals surface area (Å²) >= 11 is 0. The van der Waals surface area contributed by atoms with Gasteiger partial charge >= 0.3 is 46.9 Å². The number of hydrogen-bond donors (Lipinski definition) is 0. The molecule has 30 heavy (non-hydrogen) atoms. The first-order valence-electron chi connectivity index (χ1n) is 11.1. The van der Waals surface area contributed by atoms with Crippen molar-refractivity contribution in [1.29, 1.82) is 0 Å². The first-order chi connectivity index (χ1) is 12.8. The van der Waals surface area contributed by atoms with Crippen LogP contribution in [0.4, 0.5) is 0 Å². The van der Waals surface area contributed by atoms with Crippen LogP contribution in [-0.2, 0) is 0 Å². The Kier molecular flexibility index (Phi) is 15.6. The van der Waals surface area contributed by atoms with Crippen molar-refractivity contribution in [2.45, 2.75) is 109 Å². The van der Waals surface area contributed by atoms with E-state index in [0.717, 1.165) is 0 Å². The summed E-state index contributed by atoms with van der Waals surface area (Å²) in [7, 11) is -1.71. The van der Waals surface area contributed by atoms with Gasteiger partial charge in [-0.2, -0.15) is 0 Å². The van der Waals surface area contributed by atoms with Crippen LogP contribution in [0.25, 0.3) is 0 Å². The van der Waals surface area contributed by atoms with E-state index in [2.05, 4.69) is 114 Å². The molecule has 3 heteroatoms. The fraction of sp³-hybridized carbons (Fsp3) is 0.593. The van der Waals surface area contributed by atoms with E-state index in [0.29, 0.717) is 0 Å². The minimum atomic E-state index is -0.856. The molecule has 2 saturated carbocycles. The van der Waals surface area contributed by atoms with E-state index in [1.807, 2.05) is 0 Å². The summed E-state index contributed by atoms with van der Waals surface area (Å²) in [6.07, 6.45) is 0. The minimum Gasteiger partial charge on any atom is -0.327 e. The Morgan fingerprint density at radius 1 is 0.333 bits per heavy atom. The molecule has 11 radical (unpaired) electrons. The fourth-order valence-corrected chi connectivity index (χ4v) is 14.5. The zero-order chi connectivity index (χ0) is 23.5. The molecule has 0 aromatic rings. The molecule has 0 spiro atoms. The summed E-state index contributed by atoms with van der Waals surface area (Å²) in [6.45, 7) is 36.4. The molecule has 2 aliphatic rings. The third-order valence-electron chi connectivity index (χ3n) is 6.49. The average Bonchev–Trinajstić information content (AvgIpc) is 2.83. The smallest absolute Gasteiger partial charge is 0.327 e. The molecule has 0 aliphatic heterocycles. The second-order valence-electron chi connectivity index (χ2n) is 11.1. The standard InChI is InChI=1S/2C10H15.C7H19Si2.Yb/c2*1-6-7(2)9(4)10(5)8(6)3;1-8(2,3)7-9(4,5)6;/h2*1-5H3;7H,1-6H3;/q;;-1;+3. The second-order valence-corrected chi connectivity index (χ2v) is 21.7. The molecule has 0 atom stereocenters. The van der Waals surface area contributed by atoms with E-state index in [1.165, 1.54) is 59.2 Å². The number of rotatable bonds is 2. The molecule has 2 fully saturated rings. The van der Waals surface area contributed by atoms with Crippen LogP contribution in [0, 0.1) is 112 Å². The molecule has 0 amide bonds. The van der Waals surface area contributed by atoms with Gasteiger partial charge in [-0.05, 0) is 59.2 Å². The topological polar surface area (TPSA) is 0 Å². The van der Waals surface area contributed by atoms with Crippen molar-refractivity contribution < 1.29 is 46.9 Å². The van der Waals surface area contributed by atoms with Crippen LogP contribution in [0.1, 0.15) is 69.2 Å². The van der Waals surface area contributed by atoms with Crippen molar-refractivity contribution >= 4 is 16.1 Å². The van der Waals surface area contributed by atoms with E-state index >= 15 is 0 Å². The van der Waals surface area contributed by atoms with Crippen molar-refractivity contribution in [3.8, 4) is 0 Å². The van der Waals surface area contributed by atoms with E-state index < -0.39 is 16.1 Å². The Hall–Kier alpha value is 1.95. The van der Waals surface area contributed by atoms with Gasteiger partial charge in [0.2, 0.25) is 0 Å². The Balaban J connectivity index is 0. The summed E-state index contributed by atoms with van der Waals surface area (Å²) < 4.78 is 0. The fourth-order valence-electron chi connectivity index (χ4n) is 4.11. The molecule has 177 valence electrons. The van der Waals surface area contributed by atoms with Gasteiger partial charge in [-0.15, -0.1) is 16.1 Å². The van der Waals surface area contributed by atoms with E-state index in [-0.39, 0.29) is 46.9 Å². The van der Waals surface area contributed by atoms with Crippen LogP contribution in [0.15, 0.2) is 0 Å². The van der Waals surface area contributed by atoms with Gasteiger partial charge in [0.15, 0.2) is 0 Å². The van der Waals surface area contributed by atoms with E-state index in [9.17, 15) is 0 Å². The van der Waals surface area contributed by atoms with Gasteiger partial charge < -0.3 is 5.67 Å². The molecule has 0 unspecified atom stereocenters. The summed E-state index contributed by atoms with van der Waals surface area (Å²) in [5, 5.41) is 0. The van der Waals surface area contributed by atoms with Gasteiger partial charge in [0.1, 0.15) is 0 Å². The molecule has 0 saturated heterocycles. The summed E-state index contributed by atoms with van der Waals surface area (Å²) in [5.41, 5.74) is 2.65. The molecule has 0 aromatic carbocycles. The van der Waals surface area contributed by atoms with Crippen LogP contribution in [0.3, 0.4) is 0 Å². The largest absolute Gasteiger partial charge is 3.00 e. The monoisotopic (exact) mass is 603 g/mol. The maximum atomic E-state index is 2.65. The molecule has 2 aliphatic carbocycles. The zero-order valence-electron chi connectivity index (χ0n) is 22.8. The van der Waals surface area contributed by atoms with Gasteiger partial charge in [-0.25, -0.2) is 0 Å². The van der Waals surface area contributed by atoms with Crippen LogP contribution in [0.2, 0.25) is 39.3 Å². The Morgan fingerprint density at radius 3 is 0.467 bits per heavy atom. The van der Waals surface area contributed by atoms with Crippen LogP contribution < -0.4 is 0 Å². The summed E-state index contributed by atoms with van der Waals surface area (Å²) in [5.74, 6) is 14.7. The van der Waals surface area contributed by atoms with Gasteiger partial charge in [0.25, 0.3) is 0 Å². The Bertz CT molecular complexity index is 333. The van der Waals surface area contributed by atoms with Crippen LogP contribution >= 0.6 is 0 Å². The van der Waals surface area contributed by atoms with Gasteiger partial charge in [-0.3, -0.25) is 0 Å². The summed E-state index contributed by atoms with van der Waals surface area (Å²) in [6, 6.07) is 0. The quantitative estimate of drug-likeness (QED) is 0.219. The van der Waals surface area contributed by atoms with Gasteiger partial charge in [-0.1, -0.05) is 109 Å². The van der Waals surface area contributed by atoms with Crippen molar-refractivity contribution in [3.05, 3.63) is 64.8 Å². The summed E-state index contributed by atoms with van der Waals surface area (Å²) in [4.78, 5) is 0. The predicted molar refractivity (Wildman–Crippen MR) is 140 cm³/mol. The molecule has 2 rings (SSSR count). The SMILES string of the molecule is C[C]1[C](C)[C](C)[C](C)[C]1C.C[C]1[C](C)[C](C)[C](C)[C]1C.C[Si](C)(C)[CH-][Si](C)(C)C.[Yb+3]. The van der Waals surface area contributed by atoms with Crippen LogP contribution in [0.5, 0.6) is 0 Å². The predicted octanol–water partition coefficient (Wildman–Crippen LogP) is 8.89. The number of hydrogen-bond acceptors (Lipinski definition) is 0. The molecular formula is C27H49Si2Yb+2. The van der Waals surface area contributed by atoms with Gasteiger partial charge in [0, 0.05) is 0 Å². The van der Waals surface area contributed by atoms with Crippen molar-refractivity contribution in [2.75, 3.05) is 0 Å². The van der Waals surface area contributed by atoms with E-state index in [1.54, 1.807) is 0 Å². The molecule has 0 N–H and O–H groups in total. The molecular weight excluding hydrogens is 554 g/mol. The van der Waals surface area contributed by atoms with Crippen molar-refractivity contribution in [3.63, 3.8) is 0 Å². The normalized spacial score (nSPS) is 23.2. The maximum Gasteiger partial charge on any atom is 3.00 e. The molecule has 0 nitrogen and oxygen atoms in total. The molecule has 0 bridgehead atoms. The maximum absolute atomic E-state index is 2.65. The molecule has 0 aromatic heterocycles. The average molecular weight is 603 g/mol. The Morgan fingerprint density at radius 2 is 0.433 bits per heavy atom. The van der Waals surface area contributed by atoms with Gasteiger partial charge in [0.05, 0.1) is 0 Å². The van der Waals surface area contributed by atoms with Crippen molar-refractivity contribution in [1.82, 2.24) is 0 Å². The third kappa shape index (κ3) is 10.9. The van der Waals surface area contributed by atoms with E-state index in [4.69, 9.17) is 0 Å². The Labute approximate surface area is 234 Å². The van der Waals surface area contributed by atoms with Crippen LogP contribution in [-0.4, -0.2) is 16.1 Å². The minimum absolute atomic E-state index is 0. The first-order valence-corrected chi connectivity index (χ1v) is 18.2. The molecule has 0 heterocycles. The second kappa shape index (κ2) is 13.7. The first kappa shape index (κ1) is 34.1. The zero-order valence-corrected chi connectivity index (χ0v) is 26.6. The van der Waals surface area contributed by atoms with Crippen molar-refractivity contribution in [2.24, 2.45) is 0 Å².